The molecular formula is C32H34FN5O3. The predicted octanol–water partition coefficient (Wildman–Crippen LogP) is 6.33. The maximum absolute atomic E-state index is 13.8. The number of benzene rings is 1. The van der Waals surface area contributed by atoms with Crippen LogP contribution in [0.2, 0.25) is 0 Å². The van der Waals surface area contributed by atoms with Gasteiger partial charge in [0.15, 0.2) is 0 Å². The number of hydrogen-bond acceptors (Lipinski definition) is 6. The Morgan fingerprint density at radius 3 is 2.51 bits per heavy atom. The number of aryl methyl sites for hydroxylation is 1. The number of fused-ring (bicyclic) bond motifs is 2. The molecule has 1 aliphatic heterocycles. The second-order valence-corrected chi connectivity index (χ2v) is 11.2. The van der Waals surface area contributed by atoms with Crippen LogP contribution in [0.4, 0.5) is 14.9 Å². The summed E-state index contributed by atoms with van der Waals surface area (Å²) in [5.41, 5.74) is 3.28. The fourth-order valence-corrected chi connectivity index (χ4v) is 5.13. The van der Waals surface area contributed by atoms with Gasteiger partial charge in [0.1, 0.15) is 5.60 Å². The largest absolute Gasteiger partial charge is 0.444 e. The van der Waals surface area contributed by atoms with Crippen LogP contribution < -0.4 is 4.90 Å². The van der Waals surface area contributed by atoms with Gasteiger partial charge in [-0.15, -0.1) is 0 Å². The van der Waals surface area contributed by atoms with Crippen molar-refractivity contribution in [1.82, 2.24) is 19.9 Å². The molecule has 0 N–H and O–H groups in total. The van der Waals surface area contributed by atoms with Crippen molar-refractivity contribution in [3.05, 3.63) is 84.5 Å². The summed E-state index contributed by atoms with van der Waals surface area (Å²) in [4.78, 5) is 43.1. The van der Waals surface area contributed by atoms with Gasteiger partial charge in [0.05, 0.1) is 24.1 Å². The average molecular weight is 556 g/mol. The van der Waals surface area contributed by atoms with E-state index in [2.05, 4.69) is 9.97 Å². The summed E-state index contributed by atoms with van der Waals surface area (Å²) in [6.45, 7) is 6.68. The number of pyridine rings is 3. The fourth-order valence-electron chi connectivity index (χ4n) is 5.13. The normalized spacial score (nSPS) is 14.9. The highest BCUT2D eigenvalue weighted by Gasteiger charge is 2.26. The molecule has 0 aliphatic carbocycles. The number of carbonyl (C=O) groups is 2. The molecule has 1 aliphatic rings. The van der Waals surface area contributed by atoms with Gasteiger partial charge in [-0.1, -0.05) is 24.3 Å². The van der Waals surface area contributed by atoms with E-state index < -0.39 is 11.5 Å². The predicted molar refractivity (Wildman–Crippen MR) is 156 cm³/mol. The van der Waals surface area contributed by atoms with Gasteiger partial charge in [0.2, 0.25) is 11.9 Å². The van der Waals surface area contributed by atoms with Crippen molar-refractivity contribution in [1.29, 1.82) is 0 Å². The zero-order chi connectivity index (χ0) is 29.0. The SMILES string of the molecule is CC(C)(C)OC(=O)N1CCCC(=O)N(Cc2ncc3ccccc3c2-c2ccc(F)nc2)c2cnccc2CCC1. The molecule has 41 heavy (non-hydrogen) atoms. The third-order valence-electron chi connectivity index (χ3n) is 7.03. The summed E-state index contributed by atoms with van der Waals surface area (Å²) in [5, 5.41) is 1.87. The fraction of sp³-hybridized carbons (Fsp3) is 0.344. The quantitative estimate of drug-likeness (QED) is 0.275. The lowest BCUT2D eigenvalue weighted by Gasteiger charge is -2.27. The van der Waals surface area contributed by atoms with E-state index in [9.17, 15) is 14.0 Å². The van der Waals surface area contributed by atoms with Crippen LogP contribution in [0.15, 0.2) is 67.3 Å². The lowest BCUT2D eigenvalue weighted by atomic mass is 9.98. The Labute approximate surface area is 239 Å². The molecule has 3 aromatic heterocycles. The van der Waals surface area contributed by atoms with Crippen LogP contribution >= 0.6 is 0 Å². The number of carbonyl (C=O) groups excluding carboxylic acids is 2. The molecule has 0 saturated carbocycles. The van der Waals surface area contributed by atoms with E-state index >= 15 is 0 Å². The third-order valence-corrected chi connectivity index (χ3v) is 7.03. The highest BCUT2D eigenvalue weighted by Crippen LogP contribution is 2.33. The van der Waals surface area contributed by atoms with E-state index in [4.69, 9.17) is 9.72 Å². The molecule has 212 valence electrons. The van der Waals surface area contributed by atoms with Crippen LogP contribution in [0.25, 0.3) is 21.9 Å². The first-order valence-corrected chi connectivity index (χ1v) is 13.9. The summed E-state index contributed by atoms with van der Waals surface area (Å²) in [6, 6.07) is 12.8. The van der Waals surface area contributed by atoms with Crippen LogP contribution in [-0.2, 0) is 22.5 Å². The molecule has 0 fully saturated rings. The van der Waals surface area contributed by atoms with E-state index in [0.717, 1.165) is 33.2 Å². The number of nitrogens with zero attached hydrogens (tertiary/aromatic N) is 5. The van der Waals surface area contributed by atoms with Gasteiger partial charge in [0.25, 0.3) is 0 Å². The van der Waals surface area contributed by atoms with E-state index in [0.29, 0.717) is 38.0 Å². The Bertz CT molecular complexity index is 1550. The van der Waals surface area contributed by atoms with Crippen LogP contribution in [0.5, 0.6) is 0 Å². The van der Waals surface area contributed by atoms with E-state index in [-0.39, 0.29) is 25.0 Å². The molecule has 2 amide bonds. The van der Waals surface area contributed by atoms with Crippen molar-refractivity contribution in [2.75, 3.05) is 18.0 Å². The van der Waals surface area contributed by atoms with Crippen LogP contribution in [0, 0.1) is 5.95 Å². The summed E-state index contributed by atoms with van der Waals surface area (Å²) < 4.78 is 19.3. The summed E-state index contributed by atoms with van der Waals surface area (Å²) in [5.74, 6) is -0.658. The number of anilines is 1. The zero-order valence-electron chi connectivity index (χ0n) is 23.6. The van der Waals surface area contributed by atoms with Gasteiger partial charge in [-0.05, 0) is 69.2 Å². The zero-order valence-corrected chi connectivity index (χ0v) is 23.6. The molecule has 0 atom stereocenters. The maximum atomic E-state index is 13.8. The first-order valence-electron chi connectivity index (χ1n) is 13.9. The first-order chi connectivity index (χ1) is 19.7. The molecule has 0 spiro atoms. The third kappa shape index (κ3) is 6.67. The second-order valence-electron chi connectivity index (χ2n) is 11.2. The molecule has 5 rings (SSSR count). The second kappa shape index (κ2) is 12.0. The molecule has 0 radical (unpaired) electrons. The minimum Gasteiger partial charge on any atom is -0.444 e. The van der Waals surface area contributed by atoms with Crippen molar-refractivity contribution < 1.29 is 18.7 Å². The summed E-state index contributed by atoms with van der Waals surface area (Å²) in [6.07, 6.45) is 8.45. The molecule has 8 nitrogen and oxygen atoms in total. The van der Waals surface area contributed by atoms with Crippen LogP contribution in [-0.4, -0.2) is 50.5 Å². The van der Waals surface area contributed by atoms with Crippen molar-refractivity contribution >= 4 is 28.5 Å². The van der Waals surface area contributed by atoms with Gasteiger partial charge in [-0.25, -0.2) is 9.78 Å². The molecular weight excluding hydrogens is 521 g/mol. The van der Waals surface area contributed by atoms with Crippen molar-refractivity contribution in [2.45, 2.75) is 58.6 Å². The molecule has 4 aromatic rings. The highest BCUT2D eigenvalue weighted by molar-refractivity contribution is 5.98. The number of halogens is 1. The Morgan fingerprint density at radius 2 is 1.76 bits per heavy atom. The van der Waals surface area contributed by atoms with Crippen molar-refractivity contribution in [3.8, 4) is 11.1 Å². The number of aromatic nitrogens is 3. The van der Waals surface area contributed by atoms with Crippen LogP contribution in [0.1, 0.15) is 51.3 Å². The Balaban J connectivity index is 1.51. The topological polar surface area (TPSA) is 88.5 Å². The number of ether oxygens (including phenoxy) is 1. The van der Waals surface area contributed by atoms with Gasteiger partial charge in [0, 0.05) is 54.6 Å². The Morgan fingerprint density at radius 1 is 0.976 bits per heavy atom. The number of hydrogen-bond donors (Lipinski definition) is 0. The summed E-state index contributed by atoms with van der Waals surface area (Å²) >= 11 is 0. The van der Waals surface area contributed by atoms with E-state index in [1.165, 1.54) is 12.3 Å². The van der Waals surface area contributed by atoms with Crippen molar-refractivity contribution in [3.63, 3.8) is 0 Å². The van der Waals surface area contributed by atoms with E-state index in [1.54, 1.807) is 34.5 Å². The molecule has 9 heteroatoms. The van der Waals surface area contributed by atoms with E-state index in [1.807, 2.05) is 51.1 Å². The highest BCUT2D eigenvalue weighted by atomic mass is 19.1. The average Bonchev–Trinajstić information content (AvgIpc) is 2.97. The molecule has 0 unspecified atom stereocenters. The standard InChI is InChI=1S/C32H34FN5O3/c1-32(2,3)41-31(40)37-16-6-9-22-14-15-34-20-27(22)38(29(39)11-7-17-37)21-26-30(24-12-13-28(33)36-19-24)25-10-5-4-8-23(25)18-35-26/h4-5,8,10,12-15,18-20H,6-7,9,11,16-17,21H2,1-3H3. The minimum absolute atomic E-state index is 0.0940. The Kier molecular flexibility index (Phi) is 8.23. The van der Waals surface area contributed by atoms with Gasteiger partial charge in [-0.3, -0.25) is 14.8 Å². The molecule has 1 aromatic carbocycles. The lowest BCUT2D eigenvalue weighted by molar-refractivity contribution is -0.119. The Hall–Kier alpha value is -4.40. The van der Waals surface area contributed by atoms with Gasteiger partial charge < -0.3 is 14.5 Å². The summed E-state index contributed by atoms with van der Waals surface area (Å²) in [7, 11) is 0. The molecule has 0 bridgehead atoms. The number of amides is 2. The molecule has 4 heterocycles. The smallest absolute Gasteiger partial charge is 0.410 e. The van der Waals surface area contributed by atoms with Gasteiger partial charge >= 0.3 is 6.09 Å². The lowest BCUT2D eigenvalue weighted by Crippen LogP contribution is -2.38. The first kappa shape index (κ1) is 28.1. The number of rotatable bonds is 3. The minimum atomic E-state index is -0.598. The monoisotopic (exact) mass is 555 g/mol. The van der Waals surface area contributed by atoms with Gasteiger partial charge in [-0.2, -0.15) is 4.39 Å². The van der Waals surface area contributed by atoms with Crippen molar-refractivity contribution in [2.24, 2.45) is 0 Å². The van der Waals surface area contributed by atoms with Crippen LogP contribution in [0.3, 0.4) is 0 Å². The maximum Gasteiger partial charge on any atom is 0.410 e. The molecule has 0 saturated heterocycles.